The van der Waals surface area contributed by atoms with E-state index in [9.17, 15) is 40.7 Å². The smallest absolute Gasteiger partial charge is 0.420 e. The van der Waals surface area contributed by atoms with Crippen LogP contribution in [0.4, 0.5) is 46.5 Å². The van der Waals surface area contributed by atoms with Gasteiger partial charge in [0.1, 0.15) is 41.2 Å². The molecule has 0 saturated carbocycles. The van der Waals surface area contributed by atoms with Gasteiger partial charge in [0, 0.05) is 24.8 Å². The van der Waals surface area contributed by atoms with Gasteiger partial charge < -0.3 is 29.0 Å². The Labute approximate surface area is 416 Å². The lowest BCUT2D eigenvalue weighted by molar-refractivity contribution is -0.141. The summed E-state index contributed by atoms with van der Waals surface area (Å²) in [5, 5.41) is 11.4. The Morgan fingerprint density at radius 3 is 2.38 bits per heavy atom. The molecule has 0 aliphatic carbocycles. The molecule has 382 valence electrons. The largest absolute Gasteiger partial charge is 0.494 e. The normalized spacial score (nSPS) is 16.6. The molecule has 0 spiro atoms. The number of thiocarbonyl (C=S) groups is 1. The van der Waals surface area contributed by atoms with E-state index in [2.05, 4.69) is 20.3 Å². The van der Waals surface area contributed by atoms with Gasteiger partial charge in [0.25, 0.3) is 5.91 Å². The summed E-state index contributed by atoms with van der Waals surface area (Å²) in [6, 6.07) is 4.91. The number of nitrogens with zero attached hydrogens (tertiary/aromatic N) is 7. The molecule has 5 heterocycles. The van der Waals surface area contributed by atoms with Gasteiger partial charge in [-0.2, -0.15) is 31.6 Å². The molecule has 7 rings (SSSR count). The van der Waals surface area contributed by atoms with Crippen LogP contribution in [0.5, 0.6) is 5.75 Å². The lowest BCUT2D eigenvalue weighted by Gasteiger charge is -2.35. The zero-order valence-electron chi connectivity index (χ0n) is 39.4. The molecule has 2 aliphatic rings. The molecule has 0 radical (unpaired) electrons. The number of thiazole rings is 1. The van der Waals surface area contributed by atoms with E-state index in [4.69, 9.17) is 31.4 Å². The van der Waals surface area contributed by atoms with E-state index in [-0.39, 0.29) is 37.2 Å². The van der Waals surface area contributed by atoms with Crippen LogP contribution in [-0.4, -0.2) is 80.6 Å². The number of pyridine rings is 1. The van der Waals surface area contributed by atoms with Crippen LogP contribution in [0, 0.1) is 35.3 Å². The van der Waals surface area contributed by atoms with E-state index in [1.807, 2.05) is 27.7 Å². The maximum atomic E-state index is 15.9. The second kappa shape index (κ2) is 20.5. The summed E-state index contributed by atoms with van der Waals surface area (Å²) in [5.74, 6) is -4.34. The van der Waals surface area contributed by atoms with Crippen LogP contribution in [0.1, 0.15) is 94.6 Å². The molecule has 2 fully saturated rings. The molecule has 2 aliphatic heterocycles. The van der Waals surface area contributed by atoms with Gasteiger partial charge in [-0.25, -0.2) is 18.7 Å². The van der Waals surface area contributed by atoms with Gasteiger partial charge in [0.05, 0.1) is 63.7 Å². The molecule has 3 amide bonds. The predicted octanol–water partition coefficient (Wildman–Crippen LogP) is 10.3. The van der Waals surface area contributed by atoms with E-state index in [1.54, 1.807) is 16.6 Å². The SMILES string of the molecule is Cc1ncsc1-c1cnc([C@@H]2CCCN2C(=O)C(NC(=O)COCCCCOc2ccc(-c3ncc(N4C(=S)N(c5ccc(C#N)c(C(F)(F)F)c5F)C(=O)C4(C)C)cc3F)c(C(F)(F)F)c2)C(C)(C)C)o1. The fourth-order valence-corrected chi connectivity index (χ4v) is 9.67. The third kappa shape index (κ3) is 10.8. The first-order chi connectivity index (χ1) is 33.7. The zero-order chi connectivity index (χ0) is 52.7. The van der Waals surface area contributed by atoms with Crippen LogP contribution < -0.4 is 19.9 Å². The summed E-state index contributed by atoms with van der Waals surface area (Å²) >= 11 is 6.80. The third-order valence-corrected chi connectivity index (χ3v) is 13.3. The molecule has 1 N–H and O–H groups in total. The van der Waals surface area contributed by atoms with Crippen LogP contribution in [0.25, 0.3) is 21.9 Å². The summed E-state index contributed by atoms with van der Waals surface area (Å²) in [7, 11) is 0. The Hall–Kier alpha value is -6.58. The molecule has 24 heteroatoms. The molecule has 2 aromatic carbocycles. The molecular weight excluding hydrogens is 1000 g/mol. The van der Waals surface area contributed by atoms with Crippen molar-refractivity contribution in [1.82, 2.24) is 25.2 Å². The number of hydrogen-bond donors (Lipinski definition) is 1. The average molecular weight is 1050 g/mol. The summed E-state index contributed by atoms with van der Waals surface area (Å²) in [6.45, 7) is 9.98. The van der Waals surface area contributed by atoms with Crippen LogP contribution in [0.15, 0.2) is 58.7 Å². The lowest BCUT2D eigenvalue weighted by Crippen LogP contribution is -2.55. The lowest BCUT2D eigenvalue weighted by atomic mass is 9.85. The number of hydrogen-bond acceptors (Lipinski definition) is 12. The van der Waals surface area contributed by atoms with E-state index >= 15 is 8.78 Å². The summed E-state index contributed by atoms with van der Waals surface area (Å²) < 4.78 is 133. The van der Waals surface area contributed by atoms with Crippen LogP contribution in [-0.2, 0) is 31.5 Å². The van der Waals surface area contributed by atoms with Crippen molar-refractivity contribution in [2.24, 2.45) is 5.41 Å². The number of benzene rings is 2. The number of ether oxygens (including phenoxy) is 2. The van der Waals surface area contributed by atoms with Crippen LogP contribution >= 0.6 is 23.6 Å². The second-order valence-electron chi connectivity index (χ2n) is 18.5. The maximum absolute atomic E-state index is 15.9. The molecule has 1 unspecified atom stereocenters. The van der Waals surface area contributed by atoms with Crippen molar-refractivity contribution in [3.63, 3.8) is 0 Å². The van der Waals surface area contributed by atoms with Crippen molar-refractivity contribution < 1.29 is 63.4 Å². The second-order valence-corrected chi connectivity index (χ2v) is 19.7. The maximum Gasteiger partial charge on any atom is 0.420 e. The molecule has 72 heavy (non-hydrogen) atoms. The highest BCUT2D eigenvalue weighted by Gasteiger charge is 2.52. The van der Waals surface area contributed by atoms with Crippen molar-refractivity contribution in [1.29, 1.82) is 5.26 Å². The van der Waals surface area contributed by atoms with Gasteiger partial charge in [-0.1, -0.05) is 20.8 Å². The zero-order valence-corrected chi connectivity index (χ0v) is 41.1. The summed E-state index contributed by atoms with van der Waals surface area (Å²) in [5.41, 5.74) is -6.88. The quantitative estimate of drug-likeness (QED) is 0.0600. The number of amides is 3. The number of likely N-dealkylation sites (tertiary alicyclic amines) is 1. The number of aryl methyl sites for hydroxylation is 1. The number of nitrogens with one attached hydrogen (secondary N) is 1. The van der Waals surface area contributed by atoms with Gasteiger partial charge in [-0.3, -0.25) is 24.3 Å². The average Bonchev–Trinajstić information content (AvgIpc) is 4.11. The third-order valence-electron chi connectivity index (χ3n) is 12.0. The number of carbonyl (C=O) groups is 3. The fraction of sp³-hybridized carbons (Fsp3) is 0.417. The van der Waals surface area contributed by atoms with Crippen molar-refractivity contribution >= 4 is 57.8 Å². The van der Waals surface area contributed by atoms with E-state index in [0.717, 1.165) is 46.3 Å². The predicted molar refractivity (Wildman–Crippen MR) is 250 cm³/mol. The first-order valence-electron chi connectivity index (χ1n) is 22.3. The van der Waals surface area contributed by atoms with Crippen molar-refractivity contribution in [3.05, 3.63) is 94.2 Å². The topological polar surface area (TPSA) is 167 Å². The Balaban J connectivity index is 0.938. The van der Waals surface area contributed by atoms with Gasteiger partial charge >= 0.3 is 12.4 Å². The van der Waals surface area contributed by atoms with Crippen molar-refractivity contribution in [2.45, 2.75) is 97.2 Å². The number of oxazole rings is 1. The number of aromatic nitrogens is 3. The number of unbranched alkanes of at least 4 members (excludes halogenated alkanes) is 1. The first-order valence-corrected chi connectivity index (χ1v) is 23.6. The van der Waals surface area contributed by atoms with Gasteiger partial charge in [0.15, 0.2) is 22.5 Å². The number of rotatable bonds is 15. The highest BCUT2D eigenvalue weighted by Crippen LogP contribution is 2.44. The van der Waals surface area contributed by atoms with E-state index < -0.39 is 97.6 Å². The minimum Gasteiger partial charge on any atom is -0.494 e. The monoisotopic (exact) mass is 1050 g/mol. The molecule has 3 aromatic heterocycles. The fourth-order valence-electron chi connectivity index (χ4n) is 8.40. The number of halogens is 8. The molecule has 0 bridgehead atoms. The van der Waals surface area contributed by atoms with Crippen LogP contribution in [0.3, 0.4) is 0 Å². The summed E-state index contributed by atoms with van der Waals surface area (Å²) in [6.07, 6.45) is -5.85. The minimum absolute atomic E-state index is 0.0634. The van der Waals surface area contributed by atoms with Gasteiger partial charge in [0.2, 0.25) is 17.7 Å². The molecule has 14 nitrogen and oxygen atoms in total. The molecule has 2 atom stereocenters. The molecule has 5 aromatic rings. The highest BCUT2D eigenvalue weighted by molar-refractivity contribution is 7.81. The number of nitriles is 1. The number of alkyl halides is 6. The number of carbonyl (C=O) groups excluding carboxylic acids is 3. The van der Waals surface area contributed by atoms with Crippen molar-refractivity contribution in [2.75, 3.05) is 36.2 Å². The molecule has 2 saturated heterocycles. The van der Waals surface area contributed by atoms with E-state index in [0.29, 0.717) is 54.5 Å². The minimum atomic E-state index is -5.33. The Bertz CT molecular complexity index is 2950. The Kier molecular flexibility index (Phi) is 15.2. The summed E-state index contributed by atoms with van der Waals surface area (Å²) in [4.78, 5) is 57.2. The van der Waals surface area contributed by atoms with Gasteiger partial charge in [-0.15, -0.1) is 11.3 Å². The van der Waals surface area contributed by atoms with E-state index in [1.165, 1.54) is 37.3 Å². The standard InChI is InChI=1S/C48H46F8N8O6S2/c1-25-39(72-24-60-25)34-22-59-41(70-34)33-10-9-15-62(33)42(66)40(45(2,3)4)61-35(65)23-68-16-7-8-17-69-28-12-13-29(30(19-28)47(51,52)53)38-31(49)18-27(21-58-38)64-44(71)63(43(67)46(64,5)6)32-14-11-26(20-57)36(37(32)50)48(54,55)56/h11-14,18-19,21-22,24,33,40H,7-10,15-17,23H2,1-6H3,(H,61,65)/t33-,40?/m0/s1. The Morgan fingerprint density at radius 2 is 1.74 bits per heavy atom. The van der Waals surface area contributed by atoms with Crippen LogP contribution in [0.2, 0.25) is 0 Å². The van der Waals surface area contributed by atoms with Crippen molar-refractivity contribution in [3.8, 4) is 33.7 Å². The Morgan fingerprint density at radius 1 is 1.01 bits per heavy atom. The molecular formula is C48H46F8N8O6S2. The first kappa shape index (κ1) is 53.2. The number of anilines is 2. The van der Waals surface area contributed by atoms with Gasteiger partial charge in [-0.05, 0) is 94.4 Å². The highest BCUT2D eigenvalue weighted by atomic mass is 32.1.